The maximum Gasteiger partial charge on any atom is 0.240 e. The maximum atomic E-state index is 12.0. The van der Waals surface area contributed by atoms with Crippen molar-refractivity contribution in [2.45, 2.75) is 11.3 Å². The molecule has 0 unspecified atom stereocenters. The number of nitrogens with two attached hydrogens (primary N) is 1. The van der Waals surface area contributed by atoms with E-state index in [1.165, 1.54) is 18.3 Å². The van der Waals surface area contributed by atoms with Gasteiger partial charge < -0.3 is 14.9 Å². The number of anilines is 1. The van der Waals surface area contributed by atoms with Gasteiger partial charge in [0.15, 0.2) is 0 Å². The summed E-state index contributed by atoms with van der Waals surface area (Å²) in [5.41, 5.74) is 2.30. The van der Waals surface area contributed by atoms with Gasteiger partial charge in [-0.15, -0.1) is 0 Å². The molecule has 4 N–H and O–H groups in total. The van der Waals surface area contributed by atoms with Crippen molar-refractivity contribution in [3.63, 3.8) is 0 Å². The number of ether oxygens (including phenoxy) is 2. The van der Waals surface area contributed by atoms with E-state index >= 15 is 0 Å². The lowest BCUT2D eigenvalue weighted by Crippen LogP contribution is -2.26. The van der Waals surface area contributed by atoms with Gasteiger partial charge in [0, 0.05) is 32.5 Å². The number of nitrogen functional groups attached to an aromatic ring is 1. The Morgan fingerprint density at radius 3 is 2.85 bits per heavy atom. The fourth-order valence-electron chi connectivity index (χ4n) is 1.37. The van der Waals surface area contributed by atoms with Crippen molar-refractivity contribution in [3.8, 4) is 0 Å². The molecule has 0 atom stereocenters. The molecule has 0 aliphatic carbocycles. The van der Waals surface area contributed by atoms with Crippen molar-refractivity contribution in [1.82, 2.24) is 9.71 Å². The molecular formula is C11H20N4O4S. The van der Waals surface area contributed by atoms with Gasteiger partial charge in [0.25, 0.3) is 0 Å². The summed E-state index contributed by atoms with van der Waals surface area (Å²) in [6, 6.07) is 2.76. The van der Waals surface area contributed by atoms with Gasteiger partial charge in [-0.3, -0.25) is 0 Å². The zero-order valence-electron chi connectivity index (χ0n) is 11.3. The number of methoxy groups -OCH3 is 1. The molecule has 0 spiro atoms. The highest BCUT2D eigenvalue weighted by molar-refractivity contribution is 7.89. The summed E-state index contributed by atoms with van der Waals surface area (Å²) in [4.78, 5) is 3.96. The van der Waals surface area contributed by atoms with Gasteiger partial charge in [0.2, 0.25) is 10.0 Å². The van der Waals surface area contributed by atoms with Gasteiger partial charge >= 0.3 is 0 Å². The maximum absolute atomic E-state index is 12.0. The first-order valence-corrected chi connectivity index (χ1v) is 7.57. The largest absolute Gasteiger partial charge is 0.382 e. The zero-order valence-corrected chi connectivity index (χ0v) is 12.1. The number of pyridine rings is 1. The van der Waals surface area contributed by atoms with Crippen LogP contribution in [0.5, 0.6) is 0 Å². The number of nitrogens with zero attached hydrogens (tertiary/aromatic N) is 1. The molecule has 0 radical (unpaired) electrons. The minimum atomic E-state index is -3.56. The van der Waals surface area contributed by atoms with Crippen LogP contribution in [0.4, 0.5) is 5.82 Å². The Hall–Kier alpha value is -1.26. The number of sulfonamides is 1. The number of rotatable bonds is 10. The fourth-order valence-corrected chi connectivity index (χ4v) is 2.45. The zero-order chi connectivity index (χ0) is 14.8. The van der Waals surface area contributed by atoms with Crippen molar-refractivity contribution < 1.29 is 17.9 Å². The van der Waals surface area contributed by atoms with E-state index in [2.05, 4.69) is 15.1 Å². The first-order valence-electron chi connectivity index (χ1n) is 6.09. The molecule has 0 saturated heterocycles. The van der Waals surface area contributed by atoms with Crippen LogP contribution in [-0.2, 0) is 19.5 Å². The van der Waals surface area contributed by atoms with E-state index in [0.717, 1.165) is 0 Å². The lowest BCUT2D eigenvalue weighted by atomic mass is 10.5. The van der Waals surface area contributed by atoms with E-state index in [1.54, 1.807) is 7.11 Å². The van der Waals surface area contributed by atoms with Crippen molar-refractivity contribution in [3.05, 3.63) is 18.3 Å². The lowest BCUT2D eigenvalue weighted by Gasteiger charge is -2.08. The van der Waals surface area contributed by atoms with Crippen molar-refractivity contribution in [2.75, 3.05) is 38.9 Å². The topological polar surface area (TPSA) is 116 Å². The van der Waals surface area contributed by atoms with Crippen LogP contribution in [0, 0.1) is 0 Å². The van der Waals surface area contributed by atoms with Crippen LogP contribution in [0.3, 0.4) is 0 Å². The lowest BCUT2D eigenvalue weighted by molar-refractivity contribution is 0.0699. The molecule has 1 aromatic rings. The third-order valence-corrected chi connectivity index (χ3v) is 3.84. The molecule has 9 heteroatoms. The molecule has 0 aliphatic heterocycles. The Kier molecular flexibility index (Phi) is 7.41. The molecule has 1 heterocycles. The monoisotopic (exact) mass is 304 g/mol. The predicted octanol–water partition coefficient (Wildman–Crippen LogP) is -0.301. The first-order chi connectivity index (χ1) is 9.60. The van der Waals surface area contributed by atoms with Crippen LogP contribution in [0.2, 0.25) is 0 Å². The number of nitrogens with one attached hydrogen (secondary N) is 2. The number of hydrazine groups is 1. The van der Waals surface area contributed by atoms with E-state index < -0.39 is 10.0 Å². The van der Waals surface area contributed by atoms with Crippen LogP contribution in [-0.4, -0.2) is 46.9 Å². The van der Waals surface area contributed by atoms with Crippen molar-refractivity contribution in [2.24, 2.45) is 5.84 Å². The van der Waals surface area contributed by atoms with E-state index in [9.17, 15) is 8.42 Å². The average molecular weight is 304 g/mol. The van der Waals surface area contributed by atoms with Gasteiger partial charge in [-0.05, 0) is 12.5 Å². The molecule has 0 amide bonds. The molecule has 0 aliphatic rings. The molecule has 0 aromatic carbocycles. The van der Waals surface area contributed by atoms with E-state index in [4.69, 9.17) is 15.3 Å². The summed E-state index contributed by atoms with van der Waals surface area (Å²) in [6.45, 7) is 1.79. The normalized spacial score (nSPS) is 11.5. The van der Waals surface area contributed by atoms with Gasteiger partial charge in [0.1, 0.15) is 5.82 Å². The summed E-state index contributed by atoms with van der Waals surface area (Å²) < 4.78 is 36.5. The number of aromatic nitrogens is 1. The summed E-state index contributed by atoms with van der Waals surface area (Å²) in [6.07, 6.45) is 1.95. The van der Waals surface area contributed by atoms with E-state index in [-0.39, 0.29) is 10.7 Å². The standard InChI is InChI=1S/C11H20N4O4S/c1-18-7-8-19-6-2-4-14-20(16,17)10-3-5-13-11(9-10)15-12/h3,5,9,14H,2,4,6-8,12H2,1H3,(H,13,15). The second-order valence-electron chi connectivity index (χ2n) is 3.88. The Morgan fingerprint density at radius 1 is 1.35 bits per heavy atom. The van der Waals surface area contributed by atoms with Gasteiger partial charge in [-0.2, -0.15) is 0 Å². The van der Waals surface area contributed by atoms with E-state index in [1.807, 2.05) is 0 Å². The minimum Gasteiger partial charge on any atom is -0.382 e. The molecule has 0 bridgehead atoms. The molecule has 1 aromatic heterocycles. The van der Waals surface area contributed by atoms with Gasteiger partial charge in [-0.1, -0.05) is 0 Å². The molecule has 8 nitrogen and oxygen atoms in total. The smallest absolute Gasteiger partial charge is 0.240 e. The summed E-state index contributed by atoms with van der Waals surface area (Å²) >= 11 is 0. The van der Waals surface area contributed by atoms with Crippen LogP contribution in [0.15, 0.2) is 23.2 Å². The molecule has 20 heavy (non-hydrogen) atoms. The van der Waals surface area contributed by atoms with Gasteiger partial charge in [-0.25, -0.2) is 24.0 Å². The first kappa shape index (κ1) is 16.8. The minimum absolute atomic E-state index is 0.112. The van der Waals surface area contributed by atoms with Crippen LogP contribution in [0.1, 0.15) is 6.42 Å². The Balaban J connectivity index is 2.37. The average Bonchev–Trinajstić information content (AvgIpc) is 2.46. The SMILES string of the molecule is COCCOCCCNS(=O)(=O)c1ccnc(NN)c1. The molecular weight excluding hydrogens is 284 g/mol. The van der Waals surface area contributed by atoms with Crippen LogP contribution in [0.25, 0.3) is 0 Å². The fraction of sp³-hybridized carbons (Fsp3) is 0.545. The summed E-state index contributed by atoms with van der Waals surface area (Å²) in [7, 11) is -1.96. The highest BCUT2D eigenvalue weighted by atomic mass is 32.2. The van der Waals surface area contributed by atoms with Crippen molar-refractivity contribution in [1.29, 1.82) is 0 Å². The van der Waals surface area contributed by atoms with Crippen LogP contribution < -0.4 is 16.0 Å². The number of hydrogen-bond acceptors (Lipinski definition) is 7. The summed E-state index contributed by atoms with van der Waals surface area (Å²) in [5.74, 6) is 5.47. The Labute approximate surface area is 118 Å². The van der Waals surface area contributed by atoms with E-state index in [0.29, 0.717) is 32.8 Å². The molecule has 114 valence electrons. The second-order valence-corrected chi connectivity index (χ2v) is 5.64. The highest BCUT2D eigenvalue weighted by Gasteiger charge is 2.13. The second kappa shape index (κ2) is 8.82. The number of hydrogen-bond donors (Lipinski definition) is 3. The molecule has 0 fully saturated rings. The van der Waals surface area contributed by atoms with Crippen LogP contribution >= 0.6 is 0 Å². The van der Waals surface area contributed by atoms with Gasteiger partial charge in [0.05, 0.1) is 18.1 Å². The summed E-state index contributed by atoms with van der Waals surface area (Å²) in [5, 5.41) is 0. The predicted molar refractivity (Wildman–Crippen MR) is 74.5 cm³/mol. The third kappa shape index (κ3) is 5.80. The Morgan fingerprint density at radius 2 is 2.15 bits per heavy atom. The molecule has 0 saturated carbocycles. The van der Waals surface area contributed by atoms with Crippen molar-refractivity contribution >= 4 is 15.8 Å². The Bertz CT molecular complexity index is 495. The third-order valence-electron chi connectivity index (χ3n) is 2.38. The highest BCUT2D eigenvalue weighted by Crippen LogP contribution is 2.11. The quantitative estimate of drug-likeness (QED) is 0.309. The molecule has 1 rings (SSSR count).